The molecule has 2 aromatic carbocycles. The number of rotatable bonds is 5. The van der Waals surface area contributed by atoms with E-state index in [1.807, 2.05) is 6.07 Å². The van der Waals surface area contributed by atoms with Gasteiger partial charge in [-0.3, -0.25) is 14.9 Å². The van der Waals surface area contributed by atoms with Gasteiger partial charge in [0.2, 0.25) is 0 Å². The highest BCUT2D eigenvalue weighted by Gasteiger charge is 2.22. The molecule has 3 N–H and O–H groups in total. The third kappa shape index (κ3) is 4.25. The molecular weight excluding hydrogens is 526 g/mol. The van der Waals surface area contributed by atoms with Gasteiger partial charge in [-0.1, -0.05) is 36.4 Å². The van der Waals surface area contributed by atoms with Crippen LogP contribution < -0.4 is 5.32 Å². The largest absolute Gasteiger partial charge is 0.321 e. The Morgan fingerprint density at radius 3 is 2.51 bits per heavy atom. The first-order valence-electron chi connectivity index (χ1n) is 12.5. The van der Waals surface area contributed by atoms with E-state index in [4.69, 9.17) is 0 Å². The number of nitrogens with one attached hydrogen (secondary N) is 3. The quantitative estimate of drug-likeness (QED) is 0.239. The monoisotopic (exact) mass is 544 g/mol. The minimum atomic E-state index is -0.602. The Morgan fingerprint density at radius 1 is 0.829 bits per heavy atom. The first-order valence-corrected chi connectivity index (χ1v) is 12.5. The number of halogens is 2. The average molecular weight is 545 g/mol. The molecule has 9 nitrogen and oxygen atoms in total. The predicted octanol–water partition coefficient (Wildman–Crippen LogP) is 6.16. The van der Waals surface area contributed by atoms with Gasteiger partial charge in [-0.05, 0) is 30.3 Å². The third-order valence-corrected chi connectivity index (χ3v) is 6.64. The lowest BCUT2D eigenvalue weighted by molar-refractivity contribution is 0.102. The molecule has 0 saturated carbocycles. The molecule has 41 heavy (non-hydrogen) atoms. The van der Waals surface area contributed by atoms with Gasteiger partial charge in [0.05, 0.1) is 17.3 Å². The zero-order valence-corrected chi connectivity index (χ0v) is 21.1. The molecule has 7 aromatic rings. The molecule has 0 fully saturated rings. The molecule has 0 aliphatic heterocycles. The van der Waals surface area contributed by atoms with Crippen LogP contribution in [0.15, 0.2) is 91.5 Å². The summed E-state index contributed by atoms with van der Waals surface area (Å²) in [5, 5.41) is 9.91. The number of pyridine rings is 3. The molecular formula is C30H18F2N8O. The number of imidazole rings is 1. The van der Waals surface area contributed by atoms with E-state index >= 15 is 4.39 Å². The number of fused-ring (bicyclic) bond motifs is 2. The van der Waals surface area contributed by atoms with Crippen molar-refractivity contribution in [2.24, 2.45) is 0 Å². The maximum atomic E-state index is 16.1. The number of hydrogen-bond donors (Lipinski definition) is 3. The number of anilines is 1. The average Bonchev–Trinajstić information content (AvgIpc) is 3.63. The summed E-state index contributed by atoms with van der Waals surface area (Å²) in [5.41, 5.74) is 3.55. The van der Waals surface area contributed by atoms with E-state index in [1.54, 1.807) is 60.8 Å². The van der Waals surface area contributed by atoms with Gasteiger partial charge in [0.25, 0.3) is 5.91 Å². The van der Waals surface area contributed by atoms with Crippen LogP contribution in [-0.2, 0) is 0 Å². The lowest BCUT2D eigenvalue weighted by atomic mass is 10.1. The summed E-state index contributed by atoms with van der Waals surface area (Å²) in [6.45, 7) is 0. The maximum Gasteiger partial charge on any atom is 0.255 e. The van der Waals surface area contributed by atoms with Crippen molar-refractivity contribution < 1.29 is 13.6 Å². The van der Waals surface area contributed by atoms with E-state index in [1.165, 1.54) is 24.7 Å². The summed E-state index contributed by atoms with van der Waals surface area (Å²) >= 11 is 0. The fourth-order valence-electron chi connectivity index (χ4n) is 4.70. The Labute approximate surface area is 230 Å². The molecule has 0 aliphatic carbocycles. The van der Waals surface area contributed by atoms with Crippen molar-refractivity contribution in [1.82, 2.24) is 35.1 Å². The molecule has 7 rings (SSSR count). The van der Waals surface area contributed by atoms with Crippen LogP contribution in [0.4, 0.5) is 14.5 Å². The fourth-order valence-corrected chi connectivity index (χ4v) is 4.70. The van der Waals surface area contributed by atoms with Crippen molar-refractivity contribution in [3.05, 3.63) is 109 Å². The lowest BCUT2D eigenvalue weighted by Crippen LogP contribution is -2.11. The summed E-state index contributed by atoms with van der Waals surface area (Å²) in [7, 11) is 0. The zero-order valence-electron chi connectivity index (χ0n) is 21.1. The van der Waals surface area contributed by atoms with E-state index in [9.17, 15) is 9.18 Å². The summed E-state index contributed by atoms with van der Waals surface area (Å²) < 4.78 is 30.7. The molecule has 0 aliphatic rings. The molecule has 198 valence electrons. The van der Waals surface area contributed by atoms with Gasteiger partial charge in [-0.2, -0.15) is 5.10 Å². The van der Waals surface area contributed by atoms with Gasteiger partial charge in [0, 0.05) is 46.4 Å². The molecule has 5 heterocycles. The van der Waals surface area contributed by atoms with Crippen molar-refractivity contribution in [2.45, 2.75) is 0 Å². The molecule has 0 bridgehead atoms. The van der Waals surface area contributed by atoms with Crippen LogP contribution in [0, 0.1) is 11.6 Å². The molecule has 0 radical (unpaired) electrons. The van der Waals surface area contributed by atoms with Crippen LogP contribution in [0.3, 0.4) is 0 Å². The molecule has 11 heteroatoms. The molecule has 0 unspecified atom stereocenters. The van der Waals surface area contributed by atoms with Crippen molar-refractivity contribution in [1.29, 1.82) is 0 Å². The van der Waals surface area contributed by atoms with Crippen LogP contribution in [0.2, 0.25) is 0 Å². The van der Waals surface area contributed by atoms with Crippen LogP contribution >= 0.6 is 0 Å². The highest BCUT2D eigenvalue weighted by atomic mass is 19.1. The summed E-state index contributed by atoms with van der Waals surface area (Å²) in [4.78, 5) is 33.1. The van der Waals surface area contributed by atoms with Crippen molar-refractivity contribution in [3.8, 4) is 33.8 Å². The van der Waals surface area contributed by atoms with Crippen molar-refractivity contribution in [2.75, 3.05) is 5.32 Å². The van der Waals surface area contributed by atoms with E-state index in [-0.39, 0.29) is 34.0 Å². The number of carbonyl (C=O) groups excluding carboxylic acids is 1. The number of H-pyrrole nitrogens is 2. The standard InChI is InChI=1S/C30H18F2N8O/c31-22-9-5-4-8-19(22)20-10-11-34-28-25(20)37-29(38-28)26-23-24(32)21(15-35-27(23)40-39-26)17-12-18(14-33-13-17)36-30(41)16-6-2-1-3-7-16/h1-15H,(H,36,41)(H,34,37,38)(H,35,39,40). The highest BCUT2D eigenvalue weighted by Crippen LogP contribution is 2.35. The lowest BCUT2D eigenvalue weighted by Gasteiger charge is -2.08. The maximum absolute atomic E-state index is 16.1. The normalized spacial score (nSPS) is 11.3. The molecule has 1 amide bonds. The molecule has 0 spiro atoms. The highest BCUT2D eigenvalue weighted by molar-refractivity contribution is 6.04. The Hall–Kier alpha value is -5.84. The SMILES string of the molecule is O=C(Nc1cncc(-c2cnc3[nH]nc(-c4nc5c(-c6ccccc6F)ccnc5[nH]4)c3c2F)c1)c1ccccc1. The second kappa shape index (κ2) is 9.72. The van der Waals surface area contributed by atoms with E-state index in [0.717, 1.165) is 0 Å². The topological polar surface area (TPSA) is 125 Å². The number of aromatic amines is 2. The number of benzene rings is 2. The van der Waals surface area contributed by atoms with Gasteiger partial charge in [0.15, 0.2) is 17.1 Å². The Balaban J connectivity index is 1.29. The van der Waals surface area contributed by atoms with Crippen LogP contribution in [0.25, 0.3) is 56.0 Å². The second-order valence-corrected chi connectivity index (χ2v) is 9.19. The van der Waals surface area contributed by atoms with E-state index in [0.29, 0.717) is 39.1 Å². The minimum Gasteiger partial charge on any atom is -0.321 e. The first-order chi connectivity index (χ1) is 20.1. The van der Waals surface area contributed by atoms with Crippen LogP contribution in [0.1, 0.15) is 10.4 Å². The summed E-state index contributed by atoms with van der Waals surface area (Å²) in [6.07, 6.45) is 5.88. The molecule has 5 aromatic heterocycles. The Kier molecular flexibility index (Phi) is 5.74. The van der Waals surface area contributed by atoms with Gasteiger partial charge < -0.3 is 10.3 Å². The van der Waals surface area contributed by atoms with Crippen LogP contribution in [0.5, 0.6) is 0 Å². The first kappa shape index (κ1) is 24.2. The van der Waals surface area contributed by atoms with Crippen molar-refractivity contribution >= 4 is 33.8 Å². The fraction of sp³-hybridized carbons (Fsp3) is 0. The van der Waals surface area contributed by atoms with Gasteiger partial charge in [0.1, 0.15) is 22.8 Å². The van der Waals surface area contributed by atoms with Gasteiger partial charge in [-0.15, -0.1) is 0 Å². The van der Waals surface area contributed by atoms with Crippen LogP contribution in [-0.4, -0.2) is 41.0 Å². The second-order valence-electron chi connectivity index (χ2n) is 9.19. The number of hydrogen-bond acceptors (Lipinski definition) is 6. The summed E-state index contributed by atoms with van der Waals surface area (Å²) in [6, 6.07) is 18.4. The van der Waals surface area contributed by atoms with Gasteiger partial charge >= 0.3 is 0 Å². The third-order valence-electron chi connectivity index (χ3n) is 6.64. The van der Waals surface area contributed by atoms with Crippen molar-refractivity contribution in [3.63, 3.8) is 0 Å². The summed E-state index contributed by atoms with van der Waals surface area (Å²) in [5.74, 6) is -1.08. The minimum absolute atomic E-state index is 0.104. The predicted molar refractivity (Wildman–Crippen MR) is 150 cm³/mol. The number of nitrogens with zero attached hydrogens (tertiary/aromatic N) is 5. The van der Waals surface area contributed by atoms with E-state index in [2.05, 4.69) is 40.4 Å². The smallest absolute Gasteiger partial charge is 0.255 e. The van der Waals surface area contributed by atoms with E-state index < -0.39 is 11.6 Å². The van der Waals surface area contributed by atoms with Gasteiger partial charge in [-0.25, -0.2) is 23.7 Å². The Morgan fingerprint density at radius 2 is 1.66 bits per heavy atom. The molecule has 0 saturated heterocycles. The Bertz CT molecular complexity index is 2090. The number of amides is 1. The number of aromatic nitrogens is 7. The zero-order chi connectivity index (χ0) is 27.9. The number of carbonyl (C=O) groups is 1. The molecule has 0 atom stereocenters.